The molecule has 7 heteroatoms. The lowest BCUT2D eigenvalue weighted by molar-refractivity contribution is -0.141. The summed E-state index contributed by atoms with van der Waals surface area (Å²) in [6, 6.07) is 23.5. The monoisotopic (exact) mass is 533 g/mol. The summed E-state index contributed by atoms with van der Waals surface area (Å²) >= 11 is 6.27. The van der Waals surface area contributed by atoms with Gasteiger partial charge in [-0.15, -0.1) is 0 Å². The van der Waals surface area contributed by atoms with Gasteiger partial charge in [-0.3, -0.25) is 4.99 Å². The Balaban J connectivity index is 1.42. The van der Waals surface area contributed by atoms with E-state index < -0.39 is 18.7 Å². The molecule has 1 aliphatic rings. The van der Waals surface area contributed by atoms with Gasteiger partial charge in [0.2, 0.25) is 0 Å². The van der Waals surface area contributed by atoms with Gasteiger partial charge >= 0.3 is 5.97 Å². The summed E-state index contributed by atoms with van der Waals surface area (Å²) in [6.07, 6.45) is 1.78. The Bertz CT molecular complexity index is 1330. The highest BCUT2D eigenvalue weighted by molar-refractivity contribution is 6.31. The van der Waals surface area contributed by atoms with Crippen molar-refractivity contribution in [3.63, 3.8) is 0 Å². The number of hydrogen-bond donors (Lipinski definition) is 2. The first-order valence-electron chi connectivity index (χ1n) is 12.7. The van der Waals surface area contributed by atoms with E-state index in [4.69, 9.17) is 26.1 Å². The summed E-state index contributed by atoms with van der Waals surface area (Å²) in [6.45, 7) is 2.30. The topological polar surface area (TPSA) is 88.3 Å². The quantitative estimate of drug-likeness (QED) is 0.162. The summed E-state index contributed by atoms with van der Waals surface area (Å²) in [5.41, 5.74) is 4.71. The molecule has 3 aromatic rings. The molecule has 198 valence electrons. The highest BCUT2D eigenvalue weighted by atomic mass is 35.5. The Labute approximate surface area is 228 Å². The summed E-state index contributed by atoms with van der Waals surface area (Å²) < 4.78 is 11.2. The standard InChI is InChI=1S/C31H32ClNO5/c1-21-9-8-10-22(17-21)18-33-26(29-30(35)28(19-34)38-31(29)36)15-6-3-11-23-12-4-7-16-27(23)37-20-24-13-2-5-14-25(24)32/h2,4-5,7-10,12-14,16-17,28,34-35H,3,6,11,15,18-20H2,1H3. The predicted molar refractivity (Wildman–Crippen MR) is 149 cm³/mol. The fourth-order valence-corrected chi connectivity index (χ4v) is 4.60. The minimum atomic E-state index is -1.04. The zero-order valence-corrected chi connectivity index (χ0v) is 22.2. The van der Waals surface area contributed by atoms with Gasteiger partial charge in [-0.25, -0.2) is 4.79 Å². The molecule has 1 unspecified atom stereocenters. The molecule has 3 aromatic carbocycles. The molecule has 6 nitrogen and oxygen atoms in total. The molecule has 0 fully saturated rings. The highest BCUT2D eigenvalue weighted by Crippen LogP contribution is 2.26. The lowest BCUT2D eigenvalue weighted by Crippen LogP contribution is -2.15. The largest absolute Gasteiger partial charge is 0.507 e. The number of aliphatic imine (C=N–C) groups is 1. The number of aryl methyl sites for hydroxylation is 2. The van der Waals surface area contributed by atoms with Gasteiger partial charge in [0.05, 0.1) is 18.9 Å². The molecule has 0 saturated carbocycles. The van der Waals surface area contributed by atoms with Crippen molar-refractivity contribution in [2.75, 3.05) is 6.61 Å². The van der Waals surface area contributed by atoms with Gasteiger partial charge in [0.1, 0.15) is 17.9 Å². The highest BCUT2D eigenvalue weighted by Gasteiger charge is 2.36. The minimum absolute atomic E-state index is 0.0696. The number of nitrogens with zero attached hydrogens (tertiary/aromatic N) is 1. The summed E-state index contributed by atoms with van der Waals surface area (Å²) in [5, 5.41) is 20.7. The van der Waals surface area contributed by atoms with Crippen LogP contribution in [-0.4, -0.2) is 34.6 Å². The van der Waals surface area contributed by atoms with Gasteiger partial charge in [0, 0.05) is 10.6 Å². The van der Waals surface area contributed by atoms with Crippen LogP contribution in [0.25, 0.3) is 0 Å². The van der Waals surface area contributed by atoms with Crippen molar-refractivity contribution in [3.05, 3.63) is 111 Å². The molecule has 0 aliphatic carbocycles. The van der Waals surface area contributed by atoms with Crippen LogP contribution in [0.3, 0.4) is 0 Å². The van der Waals surface area contributed by atoms with E-state index in [1.165, 1.54) is 0 Å². The number of hydrogen-bond acceptors (Lipinski definition) is 6. The van der Waals surface area contributed by atoms with E-state index in [1.807, 2.05) is 79.7 Å². The van der Waals surface area contributed by atoms with E-state index in [0.29, 0.717) is 30.3 Å². The average molecular weight is 534 g/mol. The Hall–Kier alpha value is -3.61. The molecule has 1 aliphatic heterocycles. The molecule has 0 bridgehead atoms. The zero-order valence-electron chi connectivity index (χ0n) is 21.4. The van der Waals surface area contributed by atoms with E-state index in [1.54, 1.807) is 0 Å². The van der Waals surface area contributed by atoms with Crippen LogP contribution < -0.4 is 4.74 Å². The van der Waals surface area contributed by atoms with Gasteiger partial charge in [-0.1, -0.05) is 77.8 Å². The second-order valence-corrected chi connectivity index (χ2v) is 9.69. The van der Waals surface area contributed by atoms with Gasteiger partial charge in [0.15, 0.2) is 11.9 Å². The van der Waals surface area contributed by atoms with Crippen molar-refractivity contribution < 1.29 is 24.5 Å². The number of unbranched alkanes of at least 4 members (excludes halogenated alkanes) is 1. The fraction of sp³-hybridized carbons (Fsp3) is 0.290. The van der Waals surface area contributed by atoms with Crippen LogP contribution in [0.4, 0.5) is 0 Å². The number of cyclic esters (lactones) is 1. The van der Waals surface area contributed by atoms with Crippen molar-refractivity contribution in [3.8, 4) is 5.75 Å². The number of aliphatic hydroxyl groups is 2. The van der Waals surface area contributed by atoms with E-state index in [-0.39, 0.29) is 11.3 Å². The number of halogens is 1. The van der Waals surface area contributed by atoms with Crippen molar-refractivity contribution in [1.82, 2.24) is 0 Å². The van der Waals surface area contributed by atoms with E-state index >= 15 is 0 Å². The third-order valence-electron chi connectivity index (χ3n) is 6.43. The van der Waals surface area contributed by atoms with E-state index in [9.17, 15) is 15.0 Å². The number of rotatable bonds is 12. The summed E-state index contributed by atoms with van der Waals surface area (Å²) in [4.78, 5) is 17.2. The first kappa shape index (κ1) is 27.4. The van der Waals surface area contributed by atoms with Crippen LogP contribution in [0.5, 0.6) is 5.75 Å². The van der Waals surface area contributed by atoms with Crippen LogP contribution in [0.15, 0.2) is 89.1 Å². The molecule has 0 spiro atoms. The number of benzene rings is 3. The molecule has 38 heavy (non-hydrogen) atoms. The SMILES string of the molecule is Cc1cccc(CN=C(CCCCc2ccccc2OCc2ccccc2Cl)C2=C(O)C(CO)OC2=O)c1. The number of esters is 1. The smallest absolute Gasteiger partial charge is 0.344 e. The van der Waals surface area contributed by atoms with Crippen LogP contribution >= 0.6 is 11.6 Å². The zero-order chi connectivity index (χ0) is 26.9. The molecule has 0 aromatic heterocycles. The minimum Gasteiger partial charge on any atom is -0.507 e. The van der Waals surface area contributed by atoms with E-state index in [2.05, 4.69) is 0 Å². The Morgan fingerprint density at radius 1 is 1.03 bits per heavy atom. The molecule has 0 radical (unpaired) electrons. The Morgan fingerprint density at radius 3 is 2.53 bits per heavy atom. The molecule has 0 amide bonds. The average Bonchev–Trinajstić information content (AvgIpc) is 3.21. The van der Waals surface area contributed by atoms with Gasteiger partial charge in [-0.05, 0) is 55.9 Å². The van der Waals surface area contributed by atoms with Gasteiger partial charge in [0.25, 0.3) is 0 Å². The van der Waals surface area contributed by atoms with Crippen LogP contribution in [0, 0.1) is 6.92 Å². The van der Waals surface area contributed by atoms with Gasteiger partial charge in [-0.2, -0.15) is 0 Å². The van der Waals surface area contributed by atoms with Crippen LogP contribution in [0.2, 0.25) is 5.02 Å². The van der Waals surface area contributed by atoms with Crippen molar-refractivity contribution in [2.45, 2.75) is 51.9 Å². The van der Waals surface area contributed by atoms with Crippen molar-refractivity contribution >= 4 is 23.3 Å². The molecule has 1 atom stereocenters. The number of ether oxygens (including phenoxy) is 2. The summed E-state index contributed by atoms with van der Waals surface area (Å²) in [5.74, 6) is -0.0899. The van der Waals surface area contributed by atoms with E-state index in [0.717, 1.165) is 47.3 Å². The lowest BCUT2D eigenvalue weighted by atomic mass is 10.00. The maximum atomic E-state index is 12.5. The third kappa shape index (κ3) is 7.03. The van der Waals surface area contributed by atoms with Crippen molar-refractivity contribution in [1.29, 1.82) is 0 Å². The van der Waals surface area contributed by atoms with Crippen LogP contribution in [0.1, 0.15) is 41.5 Å². The van der Waals surface area contributed by atoms with Crippen molar-refractivity contribution in [2.24, 2.45) is 4.99 Å². The molecular weight excluding hydrogens is 502 g/mol. The molecule has 4 rings (SSSR count). The maximum Gasteiger partial charge on any atom is 0.344 e. The Kier molecular flexibility index (Phi) is 9.57. The molecular formula is C31H32ClNO5. The normalized spacial score (nSPS) is 15.6. The fourth-order valence-electron chi connectivity index (χ4n) is 4.41. The lowest BCUT2D eigenvalue weighted by Gasteiger charge is -2.13. The number of carbonyl (C=O) groups excluding carboxylic acids is 1. The second-order valence-electron chi connectivity index (χ2n) is 9.28. The van der Waals surface area contributed by atoms with Crippen LogP contribution in [-0.2, 0) is 29.1 Å². The predicted octanol–water partition coefficient (Wildman–Crippen LogP) is 6.31. The molecule has 1 heterocycles. The third-order valence-corrected chi connectivity index (χ3v) is 6.80. The molecule has 0 saturated heterocycles. The summed E-state index contributed by atoms with van der Waals surface area (Å²) in [7, 11) is 0. The number of carbonyl (C=O) groups is 1. The maximum absolute atomic E-state index is 12.5. The molecule has 2 N–H and O–H groups in total. The Morgan fingerprint density at radius 2 is 1.79 bits per heavy atom. The number of para-hydroxylation sites is 1. The second kappa shape index (κ2) is 13.3. The number of aliphatic hydroxyl groups excluding tert-OH is 2. The first-order chi connectivity index (χ1) is 18.5. The van der Waals surface area contributed by atoms with Gasteiger partial charge < -0.3 is 19.7 Å². The first-order valence-corrected chi connectivity index (χ1v) is 13.1.